The molecule has 0 saturated heterocycles. The van der Waals surface area contributed by atoms with Crippen LogP contribution in [0.15, 0.2) is 36.7 Å². The molecule has 0 unspecified atom stereocenters. The molecule has 3 aromatic rings. The lowest BCUT2D eigenvalue weighted by Gasteiger charge is -2.32. The van der Waals surface area contributed by atoms with Crippen LogP contribution >= 0.6 is 0 Å². The van der Waals surface area contributed by atoms with Crippen LogP contribution in [0.5, 0.6) is 0 Å². The van der Waals surface area contributed by atoms with Gasteiger partial charge in [0, 0.05) is 17.9 Å². The van der Waals surface area contributed by atoms with Crippen molar-refractivity contribution in [2.75, 3.05) is 4.90 Å². The highest BCUT2D eigenvalue weighted by Crippen LogP contribution is 2.34. The second-order valence-corrected chi connectivity index (χ2v) is 8.34. The number of fused-ring (bicyclic) bond motifs is 1. The molecule has 4 rings (SSSR count). The zero-order valence-electron chi connectivity index (χ0n) is 16.9. The Hall–Kier alpha value is -2.96. The number of H-pyrrole nitrogens is 1. The number of aromatic nitrogens is 4. The fourth-order valence-corrected chi connectivity index (χ4v) is 4.01. The van der Waals surface area contributed by atoms with Crippen LogP contribution in [-0.4, -0.2) is 37.3 Å². The lowest BCUT2D eigenvalue weighted by atomic mass is 9.85. The topological polar surface area (TPSA) is 95.0 Å². The predicted octanol–water partition coefficient (Wildman–Crippen LogP) is 4.58. The molecule has 7 nitrogen and oxygen atoms in total. The van der Waals surface area contributed by atoms with E-state index in [1.807, 2.05) is 24.3 Å². The van der Waals surface area contributed by atoms with Crippen molar-refractivity contribution in [1.82, 2.24) is 20.2 Å². The molecule has 152 valence electrons. The molecule has 1 aliphatic carbocycles. The first kappa shape index (κ1) is 19.4. The summed E-state index contributed by atoms with van der Waals surface area (Å²) in [6.45, 7) is 3.45. The molecule has 1 fully saturated rings. The third kappa shape index (κ3) is 3.81. The molecular weight excluding hydrogens is 366 g/mol. The van der Waals surface area contributed by atoms with Crippen molar-refractivity contribution >= 4 is 28.6 Å². The van der Waals surface area contributed by atoms with Gasteiger partial charge in [-0.05, 0) is 44.4 Å². The number of nitrogens with zero attached hydrogens (tertiary/aromatic N) is 4. The van der Waals surface area contributed by atoms with E-state index in [4.69, 9.17) is 4.98 Å². The van der Waals surface area contributed by atoms with Gasteiger partial charge in [0.2, 0.25) is 5.95 Å². The molecule has 2 heterocycles. The van der Waals surface area contributed by atoms with Crippen molar-refractivity contribution in [2.45, 2.75) is 63.8 Å². The molecule has 0 aliphatic heterocycles. The van der Waals surface area contributed by atoms with E-state index in [1.54, 1.807) is 26.2 Å². The monoisotopic (exact) mass is 393 g/mol. The molecule has 29 heavy (non-hydrogen) atoms. The summed E-state index contributed by atoms with van der Waals surface area (Å²) in [7, 11) is 0. The molecule has 7 heteroatoms. The van der Waals surface area contributed by atoms with Crippen LogP contribution in [0, 0.1) is 0 Å². The quantitative estimate of drug-likeness (QED) is 0.616. The van der Waals surface area contributed by atoms with Crippen LogP contribution in [0.2, 0.25) is 0 Å². The molecule has 1 aromatic carbocycles. The number of benzene rings is 1. The van der Waals surface area contributed by atoms with Crippen molar-refractivity contribution < 1.29 is 9.90 Å². The SMILES string of the molecule is CC(C)(C(=O)O)c1ccc(N(c2ncc3cn[nH]c3n2)C2CCCCCC2)cc1. The van der Waals surface area contributed by atoms with Crippen LogP contribution in [0.3, 0.4) is 0 Å². The van der Waals surface area contributed by atoms with Gasteiger partial charge in [0.05, 0.1) is 17.0 Å². The Balaban J connectivity index is 1.74. The molecule has 0 atom stereocenters. The van der Waals surface area contributed by atoms with Gasteiger partial charge in [0.25, 0.3) is 0 Å². The number of hydrogen-bond acceptors (Lipinski definition) is 5. The number of rotatable bonds is 5. The highest BCUT2D eigenvalue weighted by atomic mass is 16.4. The Kier molecular flexibility index (Phi) is 5.22. The van der Waals surface area contributed by atoms with Crippen LogP contribution in [-0.2, 0) is 10.2 Å². The number of carboxylic acid groups (broad SMARTS) is 1. The molecule has 1 saturated carbocycles. The van der Waals surface area contributed by atoms with E-state index >= 15 is 0 Å². The molecule has 0 spiro atoms. The Bertz CT molecular complexity index is 988. The minimum absolute atomic E-state index is 0.316. The number of carbonyl (C=O) groups is 1. The number of aliphatic carboxylic acids is 1. The molecule has 1 aliphatic rings. The third-order valence-electron chi connectivity index (χ3n) is 5.99. The van der Waals surface area contributed by atoms with E-state index in [-0.39, 0.29) is 0 Å². The van der Waals surface area contributed by atoms with E-state index in [0.717, 1.165) is 35.1 Å². The van der Waals surface area contributed by atoms with E-state index < -0.39 is 11.4 Å². The Morgan fingerprint density at radius 2 is 1.79 bits per heavy atom. The van der Waals surface area contributed by atoms with E-state index in [2.05, 4.69) is 20.1 Å². The largest absolute Gasteiger partial charge is 0.481 e. The van der Waals surface area contributed by atoms with Crippen molar-refractivity contribution in [3.05, 3.63) is 42.2 Å². The van der Waals surface area contributed by atoms with Crippen LogP contribution in [0.1, 0.15) is 57.9 Å². The smallest absolute Gasteiger partial charge is 0.313 e. The number of nitrogens with one attached hydrogen (secondary N) is 1. The minimum atomic E-state index is -0.934. The highest BCUT2D eigenvalue weighted by molar-refractivity contribution is 5.80. The Morgan fingerprint density at radius 1 is 1.10 bits per heavy atom. The van der Waals surface area contributed by atoms with Crippen LogP contribution < -0.4 is 4.90 Å². The van der Waals surface area contributed by atoms with E-state index in [0.29, 0.717) is 12.0 Å². The molecule has 0 radical (unpaired) electrons. The normalized spacial score (nSPS) is 15.9. The number of hydrogen-bond donors (Lipinski definition) is 2. The summed E-state index contributed by atoms with van der Waals surface area (Å²) >= 11 is 0. The molecule has 2 aromatic heterocycles. The first-order valence-corrected chi connectivity index (χ1v) is 10.3. The van der Waals surface area contributed by atoms with Gasteiger partial charge in [-0.15, -0.1) is 0 Å². The van der Waals surface area contributed by atoms with Gasteiger partial charge in [0.15, 0.2) is 5.65 Å². The first-order chi connectivity index (χ1) is 14.0. The molecule has 0 bridgehead atoms. The van der Waals surface area contributed by atoms with Crippen molar-refractivity contribution in [3.63, 3.8) is 0 Å². The Morgan fingerprint density at radius 3 is 2.45 bits per heavy atom. The maximum Gasteiger partial charge on any atom is 0.313 e. The average molecular weight is 393 g/mol. The summed E-state index contributed by atoms with van der Waals surface area (Å²) in [5, 5.41) is 17.4. The molecule has 0 amide bonds. The summed E-state index contributed by atoms with van der Waals surface area (Å²) in [6, 6.07) is 8.11. The third-order valence-corrected chi connectivity index (χ3v) is 5.99. The highest BCUT2D eigenvalue weighted by Gasteiger charge is 2.30. The van der Waals surface area contributed by atoms with Crippen molar-refractivity contribution in [3.8, 4) is 0 Å². The van der Waals surface area contributed by atoms with Gasteiger partial charge in [-0.1, -0.05) is 37.8 Å². The summed E-state index contributed by atoms with van der Waals surface area (Å²) in [4.78, 5) is 23.2. The first-order valence-electron chi connectivity index (χ1n) is 10.3. The zero-order chi connectivity index (χ0) is 20.4. The van der Waals surface area contributed by atoms with Gasteiger partial charge in [0.1, 0.15) is 0 Å². The van der Waals surface area contributed by atoms with Crippen LogP contribution in [0.25, 0.3) is 11.0 Å². The fourth-order valence-electron chi connectivity index (χ4n) is 4.01. The average Bonchev–Trinajstić information content (AvgIpc) is 3.02. The second-order valence-electron chi connectivity index (χ2n) is 8.34. The number of aromatic amines is 1. The summed E-state index contributed by atoms with van der Waals surface area (Å²) < 4.78 is 0. The maximum atomic E-state index is 11.6. The van der Waals surface area contributed by atoms with Gasteiger partial charge < -0.3 is 10.0 Å². The zero-order valence-corrected chi connectivity index (χ0v) is 16.9. The lowest BCUT2D eigenvalue weighted by Crippen LogP contribution is -2.32. The fraction of sp³-hybridized carbons (Fsp3) is 0.455. The number of carboxylic acids is 1. The second kappa shape index (κ2) is 7.81. The standard InChI is InChI=1S/C22H27N5O2/c1-22(2,20(28)29)16-9-11-18(12-10-16)27(17-7-5-3-4-6-8-17)21-23-13-15-14-24-26-19(15)25-21/h9-14,17H,3-8H2,1-2H3,(H,28,29)(H,23,24,25,26). The summed E-state index contributed by atoms with van der Waals surface area (Å²) in [5.41, 5.74) is 1.55. The van der Waals surface area contributed by atoms with E-state index in [1.165, 1.54) is 25.7 Å². The number of anilines is 2. The predicted molar refractivity (Wildman–Crippen MR) is 112 cm³/mol. The van der Waals surface area contributed by atoms with Gasteiger partial charge in [-0.3, -0.25) is 9.89 Å². The Labute approximate surface area is 170 Å². The maximum absolute atomic E-state index is 11.6. The van der Waals surface area contributed by atoms with Crippen molar-refractivity contribution in [2.24, 2.45) is 0 Å². The van der Waals surface area contributed by atoms with Gasteiger partial charge in [-0.25, -0.2) is 4.98 Å². The summed E-state index contributed by atoms with van der Waals surface area (Å²) in [6.07, 6.45) is 10.6. The minimum Gasteiger partial charge on any atom is -0.481 e. The van der Waals surface area contributed by atoms with Crippen LogP contribution in [0.4, 0.5) is 11.6 Å². The van der Waals surface area contributed by atoms with Gasteiger partial charge in [-0.2, -0.15) is 10.1 Å². The van der Waals surface area contributed by atoms with Gasteiger partial charge >= 0.3 is 5.97 Å². The lowest BCUT2D eigenvalue weighted by molar-refractivity contribution is -0.142. The summed E-state index contributed by atoms with van der Waals surface area (Å²) in [5.74, 6) is -0.183. The molecule has 2 N–H and O–H groups in total. The van der Waals surface area contributed by atoms with E-state index in [9.17, 15) is 9.90 Å². The van der Waals surface area contributed by atoms with Crippen molar-refractivity contribution in [1.29, 1.82) is 0 Å². The molecular formula is C22H27N5O2.